The van der Waals surface area contributed by atoms with Gasteiger partial charge in [-0.3, -0.25) is 9.89 Å². The van der Waals surface area contributed by atoms with Crippen LogP contribution in [0, 0.1) is 0 Å². The molecule has 1 aromatic rings. The van der Waals surface area contributed by atoms with E-state index in [1.807, 2.05) is 6.92 Å². The van der Waals surface area contributed by atoms with Crippen LogP contribution >= 0.6 is 0 Å². The highest BCUT2D eigenvalue weighted by Gasteiger charge is 2.09. The summed E-state index contributed by atoms with van der Waals surface area (Å²) in [5.74, 6) is 0.444. The van der Waals surface area contributed by atoms with E-state index in [4.69, 9.17) is 5.73 Å². The highest BCUT2D eigenvalue weighted by molar-refractivity contribution is 5.99. The van der Waals surface area contributed by atoms with Gasteiger partial charge in [-0.1, -0.05) is 13.3 Å². The van der Waals surface area contributed by atoms with E-state index >= 15 is 0 Å². The molecule has 0 aliphatic heterocycles. The molecule has 0 bridgehead atoms. The monoisotopic (exact) mass is 167 g/mol. The van der Waals surface area contributed by atoms with Gasteiger partial charge in [0.05, 0.1) is 11.8 Å². The summed E-state index contributed by atoms with van der Waals surface area (Å²) < 4.78 is 0. The summed E-state index contributed by atoms with van der Waals surface area (Å²) in [6, 6.07) is 0. The van der Waals surface area contributed by atoms with E-state index < -0.39 is 0 Å². The fourth-order valence-electron chi connectivity index (χ4n) is 0.990. The topological polar surface area (TPSA) is 71.8 Å². The fourth-order valence-corrected chi connectivity index (χ4v) is 0.990. The molecule has 0 aliphatic carbocycles. The van der Waals surface area contributed by atoms with Crippen molar-refractivity contribution >= 4 is 11.6 Å². The van der Waals surface area contributed by atoms with E-state index in [1.165, 1.54) is 6.20 Å². The molecule has 12 heavy (non-hydrogen) atoms. The van der Waals surface area contributed by atoms with Crippen LogP contribution in [0.5, 0.6) is 0 Å². The molecule has 0 atom stereocenters. The number of carbonyl (C=O) groups is 1. The van der Waals surface area contributed by atoms with Crippen molar-refractivity contribution in [3.8, 4) is 0 Å². The number of Topliss-reactive ketones (excluding diaryl/α,β-unsaturated/α-hetero) is 1. The predicted molar refractivity (Wildman–Crippen MR) is 46.9 cm³/mol. The molecule has 0 unspecified atom stereocenters. The molecule has 0 spiro atoms. The number of unbranched alkanes of at least 4 members (excludes halogenated alkanes) is 1. The van der Waals surface area contributed by atoms with Gasteiger partial charge in [0.15, 0.2) is 5.78 Å². The third kappa shape index (κ3) is 1.84. The minimum Gasteiger partial charge on any atom is -0.383 e. The molecule has 0 saturated carbocycles. The molecule has 0 amide bonds. The van der Waals surface area contributed by atoms with Crippen LogP contribution in [-0.2, 0) is 0 Å². The van der Waals surface area contributed by atoms with Crippen molar-refractivity contribution in [1.82, 2.24) is 10.2 Å². The molecule has 1 aromatic heterocycles. The number of aromatic amines is 1. The normalized spacial score (nSPS) is 10.1. The number of hydrogen-bond donors (Lipinski definition) is 2. The maximum absolute atomic E-state index is 11.3. The van der Waals surface area contributed by atoms with Gasteiger partial charge in [-0.25, -0.2) is 0 Å². The van der Waals surface area contributed by atoms with E-state index in [9.17, 15) is 4.79 Å². The Morgan fingerprint density at radius 1 is 1.75 bits per heavy atom. The smallest absolute Gasteiger partial charge is 0.168 e. The summed E-state index contributed by atoms with van der Waals surface area (Å²) in [6.07, 6.45) is 3.96. The molecule has 0 fully saturated rings. The summed E-state index contributed by atoms with van der Waals surface area (Å²) in [5, 5.41) is 6.21. The van der Waals surface area contributed by atoms with Crippen LogP contribution in [0.4, 0.5) is 5.82 Å². The minimum absolute atomic E-state index is 0.0723. The Bertz CT molecular complexity index is 267. The maximum Gasteiger partial charge on any atom is 0.168 e. The average molecular weight is 167 g/mol. The quantitative estimate of drug-likeness (QED) is 0.665. The predicted octanol–water partition coefficient (Wildman–Crippen LogP) is 1.36. The van der Waals surface area contributed by atoms with Crippen LogP contribution in [0.2, 0.25) is 0 Å². The van der Waals surface area contributed by atoms with Gasteiger partial charge in [-0.05, 0) is 6.42 Å². The van der Waals surface area contributed by atoms with Gasteiger partial charge in [0.2, 0.25) is 0 Å². The molecule has 3 N–H and O–H groups in total. The van der Waals surface area contributed by atoms with E-state index in [1.54, 1.807) is 0 Å². The van der Waals surface area contributed by atoms with Crippen molar-refractivity contribution < 1.29 is 4.79 Å². The van der Waals surface area contributed by atoms with Crippen molar-refractivity contribution in [3.63, 3.8) is 0 Å². The van der Waals surface area contributed by atoms with Crippen LogP contribution in [0.1, 0.15) is 36.5 Å². The molecule has 4 nitrogen and oxygen atoms in total. The molecular weight excluding hydrogens is 154 g/mol. The second kappa shape index (κ2) is 3.90. The van der Waals surface area contributed by atoms with Crippen LogP contribution < -0.4 is 5.73 Å². The first kappa shape index (κ1) is 8.77. The summed E-state index contributed by atoms with van der Waals surface area (Å²) >= 11 is 0. The SMILES string of the molecule is CCCCC(=O)c1cn[nH]c1N. The molecule has 1 heterocycles. The molecule has 0 saturated heterocycles. The zero-order chi connectivity index (χ0) is 8.97. The largest absolute Gasteiger partial charge is 0.383 e. The van der Waals surface area contributed by atoms with Crippen molar-refractivity contribution in [2.75, 3.05) is 5.73 Å². The van der Waals surface area contributed by atoms with Gasteiger partial charge in [-0.2, -0.15) is 5.10 Å². The third-order valence-corrected chi connectivity index (χ3v) is 1.73. The molecule has 0 aromatic carbocycles. The zero-order valence-electron chi connectivity index (χ0n) is 7.13. The summed E-state index contributed by atoms with van der Waals surface area (Å²) in [5.41, 5.74) is 5.99. The number of ketones is 1. The average Bonchev–Trinajstić information content (AvgIpc) is 2.47. The number of nitrogens with one attached hydrogen (secondary N) is 1. The summed E-state index contributed by atoms with van der Waals surface area (Å²) in [6.45, 7) is 2.05. The number of carbonyl (C=O) groups excluding carboxylic acids is 1. The molecule has 0 aliphatic rings. The lowest BCUT2D eigenvalue weighted by Crippen LogP contribution is -2.01. The van der Waals surface area contributed by atoms with Gasteiger partial charge in [0, 0.05) is 6.42 Å². The Morgan fingerprint density at radius 3 is 3.00 bits per heavy atom. The van der Waals surface area contributed by atoms with Crippen LogP contribution in [0.15, 0.2) is 6.20 Å². The first-order valence-electron chi connectivity index (χ1n) is 4.07. The first-order chi connectivity index (χ1) is 5.75. The summed E-state index contributed by atoms with van der Waals surface area (Å²) in [7, 11) is 0. The second-order valence-corrected chi connectivity index (χ2v) is 2.72. The van der Waals surface area contributed by atoms with Gasteiger partial charge < -0.3 is 5.73 Å². The Kier molecular flexibility index (Phi) is 2.85. The first-order valence-corrected chi connectivity index (χ1v) is 4.07. The van der Waals surface area contributed by atoms with Crippen LogP contribution in [-0.4, -0.2) is 16.0 Å². The highest BCUT2D eigenvalue weighted by Crippen LogP contribution is 2.10. The molecular formula is C8H13N3O. The van der Waals surface area contributed by atoms with Gasteiger partial charge in [-0.15, -0.1) is 0 Å². The number of hydrogen-bond acceptors (Lipinski definition) is 3. The lowest BCUT2D eigenvalue weighted by molar-refractivity contribution is 0.0980. The summed E-state index contributed by atoms with van der Waals surface area (Å²) in [4.78, 5) is 11.3. The number of anilines is 1. The maximum atomic E-state index is 11.3. The molecule has 66 valence electrons. The Balaban J connectivity index is 2.59. The number of H-pyrrole nitrogens is 1. The van der Waals surface area contributed by atoms with Crippen molar-refractivity contribution in [2.24, 2.45) is 0 Å². The number of nitrogens with zero attached hydrogens (tertiary/aromatic N) is 1. The van der Waals surface area contributed by atoms with Crippen LogP contribution in [0.3, 0.4) is 0 Å². The van der Waals surface area contributed by atoms with Crippen molar-refractivity contribution in [3.05, 3.63) is 11.8 Å². The van der Waals surface area contributed by atoms with Crippen LogP contribution in [0.25, 0.3) is 0 Å². The van der Waals surface area contributed by atoms with E-state index in [2.05, 4.69) is 10.2 Å². The Labute approximate surface area is 71.2 Å². The number of aromatic nitrogens is 2. The molecule has 1 rings (SSSR count). The van der Waals surface area contributed by atoms with E-state index in [0.717, 1.165) is 12.8 Å². The number of nitrogens with two attached hydrogens (primary N) is 1. The Hall–Kier alpha value is -1.32. The molecule has 0 radical (unpaired) electrons. The second-order valence-electron chi connectivity index (χ2n) is 2.72. The van der Waals surface area contributed by atoms with Crippen molar-refractivity contribution in [2.45, 2.75) is 26.2 Å². The highest BCUT2D eigenvalue weighted by atomic mass is 16.1. The fraction of sp³-hybridized carbons (Fsp3) is 0.500. The van der Waals surface area contributed by atoms with E-state index in [0.29, 0.717) is 17.8 Å². The van der Waals surface area contributed by atoms with Gasteiger partial charge >= 0.3 is 0 Å². The van der Waals surface area contributed by atoms with Gasteiger partial charge in [0.25, 0.3) is 0 Å². The Morgan fingerprint density at radius 2 is 2.50 bits per heavy atom. The lowest BCUT2D eigenvalue weighted by atomic mass is 10.1. The number of rotatable bonds is 4. The number of nitrogen functional groups attached to an aromatic ring is 1. The third-order valence-electron chi connectivity index (χ3n) is 1.73. The zero-order valence-corrected chi connectivity index (χ0v) is 7.13. The van der Waals surface area contributed by atoms with E-state index in [-0.39, 0.29) is 5.78 Å². The molecule has 4 heteroatoms. The standard InChI is InChI=1S/C8H13N3O/c1-2-3-4-7(12)6-5-10-11-8(6)9/h5H,2-4H2,1H3,(H3,9,10,11). The van der Waals surface area contributed by atoms with Gasteiger partial charge in [0.1, 0.15) is 5.82 Å². The lowest BCUT2D eigenvalue weighted by Gasteiger charge is -1.96. The van der Waals surface area contributed by atoms with Crippen molar-refractivity contribution in [1.29, 1.82) is 0 Å². The minimum atomic E-state index is 0.0723.